The lowest BCUT2D eigenvalue weighted by Gasteiger charge is -2.20. The Labute approximate surface area is 226 Å². The van der Waals surface area contributed by atoms with Crippen molar-refractivity contribution in [2.75, 3.05) is 33.2 Å². The molecule has 0 saturated carbocycles. The number of amides is 1. The summed E-state index contributed by atoms with van der Waals surface area (Å²) in [5, 5.41) is 10.1. The third kappa shape index (κ3) is 7.15. The molecule has 39 heavy (non-hydrogen) atoms. The Morgan fingerprint density at radius 3 is 2.49 bits per heavy atom. The number of aliphatic carboxylic acids is 1. The van der Waals surface area contributed by atoms with Crippen LogP contribution in [0.4, 0.5) is 13.2 Å². The van der Waals surface area contributed by atoms with E-state index in [9.17, 15) is 18.0 Å². The fourth-order valence-electron chi connectivity index (χ4n) is 4.10. The summed E-state index contributed by atoms with van der Waals surface area (Å²) in [5.41, 5.74) is 3.44. The van der Waals surface area contributed by atoms with Crippen molar-refractivity contribution >= 4 is 28.7 Å². The molecule has 1 amide bonds. The van der Waals surface area contributed by atoms with E-state index in [1.807, 2.05) is 71.1 Å². The highest BCUT2D eigenvalue weighted by atomic mass is 32.1. The van der Waals surface area contributed by atoms with E-state index in [2.05, 4.69) is 16.3 Å². The summed E-state index contributed by atoms with van der Waals surface area (Å²) in [6.07, 6.45) is -2.09. The Balaban J connectivity index is 0.000000448. The number of hydrogen-bond donors (Lipinski definition) is 1. The summed E-state index contributed by atoms with van der Waals surface area (Å²) in [7, 11) is 2.11. The molecule has 1 saturated heterocycles. The maximum absolute atomic E-state index is 13.4. The van der Waals surface area contributed by atoms with Crippen molar-refractivity contribution in [3.8, 4) is 17.1 Å². The smallest absolute Gasteiger partial charge is 0.486 e. The Hall–Kier alpha value is -3.90. The van der Waals surface area contributed by atoms with Gasteiger partial charge >= 0.3 is 12.1 Å². The first kappa shape index (κ1) is 28.1. The fraction of sp³-hybridized carbons (Fsp3) is 0.296. The Morgan fingerprint density at radius 1 is 1.05 bits per heavy atom. The number of hydrogen-bond acceptors (Lipinski definition) is 6. The molecule has 1 fully saturated rings. The van der Waals surface area contributed by atoms with Crippen LogP contribution in [-0.2, 0) is 11.4 Å². The molecule has 4 aromatic rings. The van der Waals surface area contributed by atoms with Crippen LogP contribution in [0.3, 0.4) is 0 Å². The van der Waals surface area contributed by atoms with E-state index < -0.39 is 12.1 Å². The van der Waals surface area contributed by atoms with Gasteiger partial charge in [0.2, 0.25) is 0 Å². The standard InChI is InChI=1S/C25H26N4O2S.C2HF3O2/c1-27-11-7-12-28(15-14-27)25(30)20-16-23(29-13-6-5-10-22(20)29)21-18-32-24(26-21)17-31-19-8-3-2-4-9-19;3-2(4,5)1(6)7/h2-6,8-10,13,16,18H,7,11-12,14-15,17H2,1H3;(H,6,7). The number of benzene rings is 1. The van der Waals surface area contributed by atoms with Crippen LogP contribution < -0.4 is 4.74 Å². The van der Waals surface area contributed by atoms with E-state index in [0.29, 0.717) is 6.61 Å². The molecule has 206 valence electrons. The highest BCUT2D eigenvalue weighted by Gasteiger charge is 2.38. The predicted molar refractivity (Wildman–Crippen MR) is 141 cm³/mol. The van der Waals surface area contributed by atoms with Crippen molar-refractivity contribution in [2.24, 2.45) is 0 Å². The number of pyridine rings is 1. The van der Waals surface area contributed by atoms with E-state index in [0.717, 1.165) is 65.8 Å². The van der Waals surface area contributed by atoms with Gasteiger partial charge in [-0.05, 0) is 50.3 Å². The lowest BCUT2D eigenvalue weighted by Crippen LogP contribution is -2.34. The van der Waals surface area contributed by atoms with Gasteiger partial charge in [0, 0.05) is 31.2 Å². The number of halogens is 3. The first-order valence-electron chi connectivity index (χ1n) is 12.1. The van der Waals surface area contributed by atoms with Gasteiger partial charge < -0.3 is 24.0 Å². The molecule has 5 rings (SSSR count). The van der Waals surface area contributed by atoms with Crippen molar-refractivity contribution in [3.05, 3.63) is 76.7 Å². The van der Waals surface area contributed by atoms with Gasteiger partial charge in [-0.2, -0.15) is 13.2 Å². The molecule has 0 unspecified atom stereocenters. The third-order valence-electron chi connectivity index (χ3n) is 6.08. The first-order chi connectivity index (χ1) is 18.6. The number of alkyl halides is 3. The monoisotopic (exact) mass is 560 g/mol. The number of rotatable bonds is 5. The summed E-state index contributed by atoms with van der Waals surface area (Å²) in [6, 6.07) is 17.7. The number of nitrogens with zero attached hydrogens (tertiary/aromatic N) is 4. The molecule has 4 heterocycles. The highest BCUT2D eigenvalue weighted by Crippen LogP contribution is 2.29. The van der Waals surface area contributed by atoms with Crippen LogP contribution in [0.2, 0.25) is 0 Å². The molecule has 12 heteroatoms. The largest absolute Gasteiger partial charge is 0.490 e. The zero-order valence-corrected chi connectivity index (χ0v) is 21.9. The number of ether oxygens (including phenoxy) is 1. The molecule has 0 aliphatic carbocycles. The number of para-hydroxylation sites is 1. The van der Waals surface area contributed by atoms with E-state index >= 15 is 0 Å². The average molecular weight is 561 g/mol. The molecular weight excluding hydrogens is 533 g/mol. The van der Waals surface area contributed by atoms with Gasteiger partial charge in [-0.15, -0.1) is 11.3 Å². The number of carboxylic acid groups (broad SMARTS) is 1. The third-order valence-corrected chi connectivity index (χ3v) is 6.90. The minimum atomic E-state index is -5.08. The molecule has 1 aliphatic rings. The maximum Gasteiger partial charge on any atom is 0.490 e. The summed E-state index contributed by atoms with van der Waals surface area (Å²) >= 11 is 1.57. The van der Waals surface area contributed by atoms with Crippen molar-refractivity contribution in [3.63, 3.8) is 0 Å². The minimum absolute atomic E-state index is 0.0955. The SMILES string of the molecule is CN1CCCN(C(=O)c2cc(-c3csc(COc4ccccc4)n3)n3ccccc23)CC1.O=C(O)C(F)(F)F. The van der Waals surface area contributed by atoms with Crippen molar-refractivity contribution in [1.82, 2.24) is 19.2 Å². The normalized spacial score (nSPS) is 14.4. The Morgan fingerprint density at radius 2 is 1.77 bits per heavy atom. The van der Waals surface area contributed by atoms with Gasteiger partial charge in [0.25, 0.3) is 5.91 Å². The number of carbonyl (C=O) groups excluding carboxylic acids is 1. The highest BCUT2D eigenvalue weighted by molar-refractivity contribution is 7.09. The van der Waals surface area contributed by atoms with Crippen molar-refractivity contribution in [2.45, 2.75) is 19.2 Å². The molecule has 8 nitrogen and oxygen atoms in total. The van der Waals surface area contributed by atoms with Crippen LogP contribution in [-0.4, -0.2) is 75.6 Å². The Kier molecular flexibility index (Phi) is 8.87. The molecule has 3 aromatic heterocycles. The zero-order valence-electron chi connectivity index (χ0n) is 21.1. The molecule has 1 aromatic carbocycles. The zero-order chi connectivity index (χ0) is 28.0. The van der Waals surface area contributed by atoms with E-state index in [1.54, 1.807) is 11.3 Å². The van der Waals surface area contributed by atoms with Crippen LogP contribution in [0, 0.1) is 0 Å². The second kappa shape index (κ2) is 12.3. The lowest BCUT2D eigenvalue weighted by molar-refractivity contribution is -0.192. The van der Waals surface area contributed by atoms with Crippen LogP contribution in [0.15, 0.2) is 66.2 Å². The number of likely N-dealkylation sites (N-methyl/N-ethyl adjacent to an activating group) is 1. The molecule has 1 aliphatic heterocycles. The fourth-order valence-corrected chi connectivity index (χ4v) is 4.80. The molecule has 0 atom stereocenters. The van der Waals surface area contributed by atoms with Crippen LogP contribution >= 0.6 is 11.3 Å². The van der Waals surface area contributed by atoms with Gasteiger partial charge in [0.05, 0.1) is 22.5 Å². The molecular formula is C27H27F3N4O4S. The first-order valence-corrected chi connectivity index (χ1v) is 13.0. The van der Waals surface area contributed by atoms with Gasteiger partial charge in [-0.25, -0.2) is 9.78 Å². The van der Waals surface area contributed by atoms with Gasteiger partial charge in [0.15, 0.2) is 0 Å². The van der Waals surface area contributed by atoms with Crippen LogP contribution in [0.1, 0.15) is 21.8 Å². The van der Waals surface area contributed by atoms with Gasteiger partial charge in [-0.3, -0.25) is 4.79 Å². The molecule has 0 bridgehead atoms. The van der Waals surface area contributed by atoms with Gasteiger partial charge in [0.1, 0.15) is 17.4 Å². The van der Waals surface area contributed by atoms with E-state index in [1.165, 1.54) is 0 Å². The predicted octanol–water partition coefficient (Wildman–Crippen LogP) is 5.05. The number of carbonyl (C=O) groups is 2. The number of carboxylic acids is 1. The number of thiazole rings is 1. The van der Waals surface area contributed by atoms with Gasteiger partial charge in [-0.1, -0.05) is 24.3 Å². The summed E-state index contributed by atoms with van der Waals surface area (Å²) in [5.74, 6) is -1.83. The second-order valence-corrected chi connectivity index (χ2v) is 9.82. The van der Waals surface area contributed by atoms with Crippen molar-refractivity contribution in [1.29, 1.82) is 0 Å². The second-order valence-electron chi connectivity index (χ2n) is 8.88. The molecule has 0 radical (unpaired) electrons. The Bertz CT molecular complexity index is 1420. The van der Waals surface area contributed by atoms with Crippen LogP contribution in [0.5, 0.6) is 5.75 Å². The minimum Gasteiger partial charge on any atom is -0.486 e. The van der Waals surface area contributed by atoms with Crippen molar-refractivity contribution < 1.29 is 32.6 Å². The average Bonchev–Trinajstić information content (AvgIpc) is 3.48. The number of fused-ring (bicyclic) bond motifs is 1. The molecule has 0 spiro atoms. The summed E-state index contributed by atoms with van der Waals surface area (Å²) in [4.78, 5) is 31.4. The number of aromatic nitrogens is 2. The summed E-state index contributed by atoms with van der Waals surface area (Å²) in [6.45, 7) is 3.90. The quantitative estimate of drug-likeness (QED) is 0.368. The topological polar surface area (TPSA) is 87.4 Å². The lowest BCUT2D eigenvalue weighted by atomic mass is 10.2. The molecule has 1 N–H and O–H groups in total. The summed E-state index contributed by atoms with van der Waals surface area (Å²) < 4.78 is 39.6. The van der Waals surface area contributed by atoms with E-state index in [4.69, 9.17) is 19.6 Å². The maximum atomic E-state index is 13.4. The van der Waals surface area contributed by atoms with Crippen LogP contribution in [0.25, 0.3) is 16.9 Å². The van der Waals surface area contributed by atoms with E-state index in [-0.39, 0.29) is 5.91 Å².